The summed E-state index contributed by atoms with van der Waals surface area (Å²) in [6, 6.07) is 18.5. The van der Waals surface area contributed by atoms with E-state index in [-0.39, 0.29) is 39.6 Å². The Bertz CT molecular complexity index is 826. The second-order valence-electron chi connectivity index (χ2n) is 6.84. The topological polar surface area (TPSA) is 119 Å². The Labute approximate surface area is 199 Å². The van der Waals surface area contributed by atoms with Crippen LogP contribution in [0.15, 0.2) is 60.7 Å². The van der Waals surface area contributed by atoms with Gasteiger partial charge in [-0.1, -0.05) is 60.7 Å². The van der Waals surface area contributed by atoms with Crippen LogP contribution in [-0.4, -0.2) is 45.8 Å². The Hall–Kier alpha value is -2.91. The number of rotatable bonds is 15. The largest absolute Gasteiger partial charge is 0.508 e. The van der Waals surface area contributed by atoms with Crippen LogP contribution in [0.25, 0.3) is 0 Å². The Kier molecular flexibility index (Phi) is 12.7. The van der Waals surface area contributed by atoms with Crippen LogP contribution < -0.4 is 5.09 Å². The van der Waals surface area contributed by atoms with Crippen molar-refractivity contribution in [3.63, 3.8) is 0 Å². The maximum atomic E-state index is 12.5. The van der Waals surface area contributed by atoms with Crippen LogP contribution in [0.5, 0.6) is 0 Å². The van der Waals surface area contributed by atoms with E-state index in [1.807, 2.05) is 60.7 Å². The molecule has 0 unspecified atom stereocenters. The van der Waals surface area contributed by atoms with Gasteiger partial charge in [-0.15, -0.1) is 0 Å². The number of benzene rings is 2. The molecule has 0 spiro atoms. The number of carbonyl (C=O) groups is 2. The van der Waals surface area contributed by atoms with E-state index in [2.05, 4.69) is 5.09 Å². The highest BCUT2D eigenvalue weighted by Gasteiger charge is 2.22. The van der Waals surface area contributed by atoms with E-state index in [0.717, 1.165) is 11.1 Å². The first-order chi connectivity index (χ1) is 16.5. The molecule has 0 aromatic heterocycles. The normalized spacial score (nSPS) is 11.0. The summed E-state index contributed by atoms with van der Waals surface area (Å²) in [5.41, 5.74) is 1.70. The smallest absolute Gasteiger partial charge is 0.434 e. The molecule has 0 amide bonds. The third kappa shape index (κ3) is 11.8. The van der Waals surface area contributed by atoms with Gasteiger partial charge in [0.15, 0.2) is 0 Å². The van der Waals surface area contributed by atoms with Gasteiger partial charge in [-0.05, 0) is 18.2 Å². The van der Waals surface area contributed by atoms with Gasteiger partial charge in [0.25, 0.3) is 0 Å². The van der Waals surface area contributed by atoms with Gasteiger partial charge in [0, 0.05) is 12.8 Å². The number of carbonyl (C=O) groups excluding carboxylic acids is 2. The third-order valence-electron chi connectivity index (χ3n) is 4.21. The molecule has 11 heteroatoms. The monoisotopic (exact) mass is 495 g/mol. The van der Waals surface area contributed by atoms with Gasteiger partial charge in [0.1, 0.15) is 13.2 Å². The molecule has 1 N–H and O–H groups in total. The quantitative estimate of drug-likeness (QED) is 0.209. The van der Waals surface area contributed by atoms with Crippen LogP contribution in [0, 0.1) is 0 Å². The van der Waals surface area contributed by atoms with Crippen molar-refractivity contribution in [1.29, 1.82) is 0 Å². The molecule has 2 aromatic carbocycles. The summed E-state index contributed by atoms with van der Waals surface area (Å²) in [6.45, 7) is 0.381. The fraction of sp³-hybridized carbons (Fsp3) is 0.391. The van der Waals surface area contributed by atoms with E-state index in [1.165, 1.54) is 7.05 Å². The lowest BCUT2D eigenvalue weighted by atomic mass is 10.2. The van der Waals surface area contributed by atoms with Gasteiger partial charge in [-0.3, -0.25) is 9.05 Å². The average molecular weight is 495 g/mol. The lowest BCUT2D eigenvalue weighted by Gasteiger charge is -2.17. The van der Waals surface area contributed by atoms with Crippen LogP contribution in [0.1, 0.15) is 24.0 Å². The average Bonchev–Trinajstić information content (AvgIpc) is 2.87. The van der Waals surface area contributed by atoms with Crippen LogP contribution in [0.3, 0.4) is 0 Å². The fourth-order valence-electron chi connectivity index (χ4n) is 2.48. The zero-order valence-electron chi connectivity index (χ0n) is 19.1. The number of hydrogen-bond donors (Lipinski definition) is 1. The molecule has 0 heterocycles. The van der Waals surface area contributed by atoms with Crippen molar-refractivity contribution in [1.82, 2.24) is 5.09 Å². The van der Waals surface area contributed by atoms with Crippen molar-refractivity contribution in [3.8, 4) is 0 Å². The van der Waals surface area contributed by atoms with E-state index in [1.54, 1.807) is 0 Å². The van der Waals surface area contributed by atoms with Crippen LogP contribution in [-0.2, 0) is 45.8 Å². The zero-order valence-corrected chi connectivity index (χ0v) is 19.9. The molecular weight excluding hydrogens is 465 g/mol. The molecule has 186 valence electrons. The molecule has 0 bridgehead atoms. The first kappa shape index (κ1) is 27.3. The molecule has 2 aromatic rings. The zero-order chi connectivity index (χ0) is 24.5. The molecule has 0 aliphatic carbocycles. The molecule has 2 rings (SSSR count). The van der Waals surface area contributed by atoms with E-state index < -0.39 is 20.1 Å². The van der Waals surface area contributed by atoms with E-state index >= 15 is 0 Å². The maximum absolute atomic E-state index is 12.5. The second kappa shape index (κ2) is 15.8. The van der Waals surface area contributed by atoms with Crippen molar-refractivity contribution in [2.75, 3.05) is 33.5 Å². The van der Waals surface area contributed by atoms with Gasteiger partial charge < -0.3 is 18.9 Å². The van der Waals surface area contributed by atoms with Crippen molar-refractivity contribution in [3.05, 3.63) is 71.8 Å². The van der Waals surface area contributed by atoms with Gasteiger partial charge in [0.05, 0.1) is 26.4 Å². The highest BCUT2D eigenvalue weighted by molar-refractivity contribution is 7.51. The Morgan fingerprint density at radius 3 is 1.47 bits per heavy atom. The molecule has 0 aliphatic heterocycles. The highest BCUT2D eigenvalue weighted by Crippen LogP contribution is 2.42. The summed E-state index contributed by atoms with van der Waals surface area (Å²) < 4.78 is 42.9. The van der Waals surface area contributed by atoms with Crippen molar-refractivity contribution in [2.45, 2.75) is 26.1 Å². The lowest BCUT2D eigenvalue weighted by molar-refractivity contribution is 0.0454. The molecule has 0 radical (unpaired) electrons. The minimum Gasteiger partial charge on any atom is -0.434 e. The van der Waals surface area contributed by atoms with Crippen LogP contribution in [0.4, 0.5) is 9.59 Å². The van der Waals surface area contributed by atoms with Crippen molar-refractivity contribution in [2.24, 2.45) is 0 Å². The van der Waals surface area contributed by atoms with Crippen molar-refractivity contribution < 1.29 is 42.1 Å². The Morgan fingerprint density at radius 2 is 1.09 bits per heavy atom. The minimum absolute atomic E-state index is 0.0341. The SMILES string of the molecule is CNP(=O)(OCCCOC(=O)OCc1ccccc1)OCCCOC(=O)OCc1ccccc1. The predicted octanol–water partition coefficient (Wildman–Crippen LogP) is 4.83. The van der Waals surface area contributed by atoms with Crippen LogP contribution in [0.2, 0.25) is 0 Å². The molecule has 0 aliphatic rings. The second-order valence-corrected chi connectivity index (χ2v) is 8.80. The lowest BCUT2D eigenvalue weighted by Crippen LogP contribution is -2.14. The molecule has 0 saturated heterocycles. The third-order valence-corrected chi connectivity index (χ3v) is 5.81. The number of hydrogen-bond acceptors (Lipinski definition) is 9. The summed E-state index contributed by atoms with van der Waals surface area (Å²) in [4.78, 5) is 23.1. The van der Waals surface area contributed by atoms with Gasteiger partial charge in [-0.2, -0.15) is 0 Å². The van der Waals surface area contributed by atoms with Gasteiger partial charge >= 0.3 is 20.1 Å². The Morgan fingerprint density at radius 1 is 0.676 bits per heavy atom. The maximum Gasteiger partial charge on any atom is 0.508 e. The molecular formula is C23H30NO9P. The summed E-state index contributed by atoms with van der Waals surface area (Å²) in [7, 11) is -2.09. The molecule has 10 nitrogen and oxygen atoms in total. The van der Waals surface area contributed by atoms with E-state index in [0.29, 0.717) is 12.8 Å². The summed E-state index contributed by atoms with van der Waals surface area (Å²) in [6.07, 6.45) is -0.990. The Balaban J connectivity index is 1.49. The molecule has 0 saturated carbocycles. The summed E-state index contributed by atoms with van der Waals surface area (Å²) in [5.74, 6) is 0. The molecule has 0 fully saturated rings. The summed E-state index contributed by atoms with van der Waals surface area (Å²) in [5, 5.41) is 2.50. The number of ether oxygens (including phenoxy) is 4. The molecule has 0 atom stereocenters. The van der Waals surface area contributed by atoms with E-state index in [9.17, 15) is 14.2 Å². The van der Waals surface area contributed by atoms with Gasteiger partial charge in [0.2, 0.25) is 0 Å². The highest BCUT2D eigenvalue weighted by atomic mass is 31.2. The number of nitrogens with one attached hydrogen (secondary N) is 1. The van der Waals surface area contributed by atoms with Crippen LogP contribution >= 0.6 is 7.75 Å². The minimum atomic E-state index is -3.53. The fourth-order valence-corrected chi connectivity index (χ4v) is 3.55. The van der Waals surface area contributed by atoms with Gasteiger partial charge in [-0.25, -0.2) is 19.2 Å². The van der Waals surface area contributed by atoms with Crippen molar-refractivity contribution >= 4 is 20.1 Å². The standard InChI is InChI=1S/C23H30NO9P/c1-24-34(27,32-16-8-14-28-22(25)30-18-20-10-4-2-5-11-20)33-17-9-15-29-23(26)31-19-21-12-6-3-7-13-21/h2-7,10-13H,8-9,14-19H2,1H3,(H,24,27). The molecule has 34 heavy (non-hydrogen) atoms. The summed E-state index contributed by atoms with van der Waals surface area (Å²) >= 11 is 0. The predicted molar refractivity (Wildman–Crippen MR) is 123 cm³/mol. The first-order valence-electron chi connectivity index (χ1n) is 10.8. The first-order valence-corrected chi connectivity index (χ1v) is 12.3. The van der Waals surface area contributed by atoms with E-state index in [4.69, 9.17) is 28.0 Å².